The van der Waals surface area contributed by atoms with Crippen molar-refractivity contribution in [1.82, 2.24) is 0 Å². The molecule has 0 spiro atoms. The topological polar surface area (TPSA) is 0 Å². The maximum atomic E-state index is 2.32. The Morgan fingerprint density at radius 3 is 0.906 bits per heavy atom. The minimum atomic E-state index is 1.21. The molecule has 6 aliphatic carbocycles. The van der Waals surface area contributed by atoms with Crippen molar-refractivity contribution in [3.8, 4) is 0 Å². The average molecular weight is 433 g/mol. The first kappa shape index (κ1) is 28.0. The maximum absolute atomic E-state index is 2.32. The molecular weight excluding hydrogens is 384 g/mol. The number of allylic oxidation sites excluding steroid dienone is 16. The highest BCUT2D eigenvalue weighted by atomic mass is 14.3. The quantitative estimate of drug-likeness (QED) is 0.357. The van der Waals surface area contributed by atoms with E-state index in [9.17, 15) is 0 Å². The van der Waals surface area contributed by atoms with Crippen molar-refractivity contribution in [1.29, 1.82) is 0 Å². The van der Waals surface area contributed by atoms with E-state index in [1.54, 1.807) is 44.6 Å². The maximum Gasteiger partial charge on any atom is -0.00264 e. The highest BCUT2D eigenvalue weighted by molar-refractivity contribution is 5.51. The summed E-state index contributed by atoms with van der Waals surface area (Å²) < 4.78 is 0. The molecule has 0 heteroatoms. The second kappa shape index (κ2) is 15.7. The Kier molecular flexibility index (Phi) is 13.7. The first-order valence-corrected chi connectivity index (χ1v) is 13.4. The molecule has 6 aliphatic rings. The fraction of sp³-hybridized carbons (Fsp3) is 0.500. The van der Waals surface area contributed by atoms with Crippen LogP contribution in [0.4, 0.5) is 0 Å². The summed E-state index contributed by atoms with van der Waals surface area (Å²) in [5, 5.41) is 0. The van der Waals surface area contributed by atoms with E-state index in [4.69, 9.17) is 0 Å². The predicted molar refractivity (Wildman–Crippen MR) is 147 cm³/mol. The van der Waals surface area contributed by atoms with Gasteiger partial charge in [0, 0.05) is 0 Å². The molecule has 0 amide bonds. The average Bonchev–Trinajstić information content (AvgIpc) is 3.68. The molecule has 0 bridgehead atoms. The van der Waals surface area contributed by atoms with Crippen molar-refractivity contribution in [3.05, 3.63) is 93.2 Å². The Balaban J connectivity index is 0.000000245. The fourth-order valence-corrected chi connectivity index (χ4v) is 4.77. The molecule has 176 valence electrons. The zero-order valence-corrected chi connectivity index (χ0v) is 22.3. The first-order chi connectivity index (χ1) is 15.9. The minimum Gasteiger partial charge on any atom is -0.0802 e. The van der Waals surface area contributed by atoms with E-state index in [2.05, 4.69) is 48.6 Å². The SMILES string of the molecule is C1=CC2=C(C1)CC1=C(C=CC1)C2.C1=CC2=C(C1)CC1=C(CC=C1)C2.CC.CC.CC.CC. The molecule has 0 atom stereocenters. The van der Waals surface area contributed by atoms with Crippen LogP contribution < -0.4 is 0 Å². The second-order valence-corrected chi connectivity index (χ2v) is 7.65. The molecule has 0 aliphatic heterocycles. The van der Waals surface area contributed by atoms with Crippen LogP contribution in [0.5, 0.6) is 0 Å². The largest absolute Gasteiger partial charge is 0.0802 e. The van der Waals surface area contributed by atoms with Gasteiger partial charge in [-0.25, -0.2) is 0 Å². The summed E-state index contributed by atoms with van der Waals surface area (Å²) >= 11 is 0. The van der Waals surface area contributed by atoms with Gasteiger partial charge in [-0.1, -0.05) is 126 Å². The van der Waals surface area contributed by atoms with Crippen LogP contribution in [0.15, 0.2) is 93.2 Å². The molecule has 32 heavy (non-hydrogen) atoms. The second-order valence-electron chi connectivity index (χ2n) is 7.65. The summed E-state index contributed by atoms with van der Waals surface area (Å²) in [7, 11) is 0. The van der Waals surface area contributed by atoms with Gasteiger partial charge in [0.1, 0.15) is 0 Å². The molecule has 0 fully saturated rings. The van der Waals surface area contributed by atoms with Crippen molar-refractivity contribution < 1.29 is 0 Å². The molecular formula is C32H48. The summed E-state index contributed by atoms with van der Waals surface area (Å²) in [5.41, 5.74) is 13.1. The van der Waals surface area contributed by atoms with E-state index >= 15 is 0 Å². The Hall–Kier alpha value is -2.08. The lowest BCUT2D eigenvalue weighted by Gasteiger charge is -2.16. The molecule has 6 rings (SSSR count). The van der Waals surface area contributed by atoms with Crippen LogP contribution in [-0.2, 0) is 0 Å². The molecule has 0 saturated heterocycles. The Morgan fingerprint density at radius 1 is 0.344 bits per heavy atom. The van der Waals surface area contributed by atoms with Gasteiger partial charge in [-0.3, -0.25) is 0 Å². The van der Waals surface area contributed by atoms with Gasteiger partial charge in [-0.05, 0) is 73.7 Å². The van der Waals surface area contributed by atoms with Crippen LogP contribution in [-0.4, -0.2) is 0 Å². The zero-order valence-electron chi connectivity index (χ0n) is 22.3. The summed E-state index contributed by atoms with van der Waals surface area (Å²) in [5.74, 6) is 0. The van der Waals surface area contributed by atoms with Crippen molar-refractivity contribution in [2.24, 2.45) is 0 Å². The van der Waals surface area contributed by atoms with Crippen LogP contribution in [0, 0.1) is 0 Å². The Bertz CT molecular complexity index is 770. The lowest BCUT2D eigenvalue weighted by molar-refractivity contribution is 0.939. The van der Waals surface area contributed by atoms with Gasteiger partial charge in [0.05, 0.1) is 0 Å². The molecule has 0 aromatic rings. The summed E-state index contributed by atoms with van der Waals surface area (Å²) in [6.07, 6.45) is 28.2. The Labute approximate surface area is 200 Å². The third kappa shape index (κ3) is 6.96. The minimum absolute atomic E-state index is 1.21. The van der Waals surface area contributed by atoms with Gasteiger partial charge in [0.15, 0.2) is 0 Å². The van der Waals surface area contributed by atoms with Gasteiger partial charge in [-0.15, -0.1) is 0 Å². The van der Waals surface area contributed by atoms with E-state index < -0.39 is 0 Å². The van der Waals surface area contributed by atoms with E-state index in [0.29, 0.717) is 0 Å². The molecule has 0 aromatic carbocycles. The molecule has 0 nitrogen and oxygen atoms in total. The molecule has 0 heterocycles. The summed E-state index contributed by atoms with van der Waals surface area (Å²) in [6.45, 7) is 16.0. The third-order valence-electron chi connectivity index (χ3n) is 6.16. The predicted octanol–water partition coefficient (Wildman–Crippen LogP) is 10.7. The zero-order chi connectivity index (χ0) is 23.9. The number of hydrogen-bond donors (Lipinski definition) is 0. The van der Waals surface area contributed by atoms with E-state index in [0.717, 1.165) is 0 Å². The van der Waals surface area contributed by atoms with Crippen LogP contribution in [0.2, 0.25) is 0 Å². The smallest absolute Gasteiger partial charge is 0.00264 e. The van der Waals surface area contributed by atoms with Crippen LogP contribution in [0.3, 0.4) is 0 Å². The van der Waals surface area contributed by atoms with Crippen LogP contribution in [0.25, 0.3) is 0 Å². The Morgan fingerprint density at radius 2 is 0.594 bits per heavy atom. The van der Waals surface area contributed by atoms with E-state index in [1.807, 2.05) is 55.4 Å². The van der Waals surface area contributed by atoms with Crippen LogP contribution >= 0.6 is 0 Å². The molecule has 0 aromatic heterocycles. The number of hydrogen-bond acceptors (Lipinski definition) is 0. The van der Waals surface area contributed by atoms with Crippen molar-refractivity contribution in [3.63, 3.8) is 0 Å². The van der Waals surface area contributed by atoms with Gasteiger partial charge in [0.25, 0.3) is 0 Å². The van der Waals surface area contributed by atoms with Gasteiger partial charge in [-0.2, -0.15) is 0 Å². The standard InChI is InChI=1S/2C12H12.4C2H6/c2*1-3-9-7-11-5-2-6-12(11)8-10(9)4-1;4*1-2/h1-3,6H,4-5,7-8H2;1-3,5H,4,6-8H2;4*1-2H3. The fourth-order valence-electron chi connectivity index (χ4n) is 4.77. The van der Waals surface area contributed by atoms with E-state index in [-0.39, 0.29) is 0 Å². The van der Waals surface area contributed by atoms with Crippen molar-refractivity contribution in [2.75, 3.05) is 0 Å². The lowest BCUT2D eigenvalue weighted by atomic mass is 9.89. The third-order valence-corrected chi connectivity index (χ3v) is 6.16. The van der Waals surface area contributed by atoms with Gasteiger partial charge >= 0.3 is 0 Å². The van der Waals surface area contributed by atoms with Gasteiger partial charge < -0.3 is 0 Å². The summed E-state index contributed by atoms with van der Waals surface area (Å²) in [4.78, 5) is 0. The summed E-state index contributed by atoms with van der Waals surface area (Å²) in [6, 6.07) is 0. The molecule has 0 radical (unpaired) electrons. The monoisotopic (exact) mass is 432 g/mol. The lowest BCUT2D eigenvalue weighted by Crippen LogP contribution is -1.97. The normalized spacial score (nSPS) is 19.8. The van der Waals surface area contributed by atoms with Crippen molar-refractivity contribution >= 4 is 0 Å². The molecule has 0 unspecified atom stereocenters. The van der Waals surface area contributed by atoms with Gasteiger partial charge in [0.2, 0.25) is 0 Å². The molecule has 0 saturated carbocycles. The molecule has 0 N–H and O–H groups in total. The highest BCUT2D eigenvalue weighted by Crippen LogP contribution is 2.41. The highest BCUT2D eigenvalue weighted by Gasteiger charge is 2.21. The number of rotatable bonds is 0. The van der Waals surface area contributed by atoms with Crippen LogP contribution in [0.1, 0.15) is 107 Å². The van der Waals surface area contributed by atoms with E-state index in [1.165, 1.54) is 51.4 Å². The van der Waals surface area contributed by atoms with Crippen molar-refractivity contribution in [2.45, 2.75) is 107 Å². The first-order valence-electron chi connectivity index (χ1n) is 13.4.